The third kappa shape index (κ3) is 2.88. The van der Waals surface area contributed by atoms with E-state index in [0.29, 0.717) is 5.95 Å². The SMILES string of the molecule is N[C@H]1C2c3ccccc3C(c3ccccc32)[C@@H]1Nc1nc2c(Br)c(Br)c(Br)c(Br)c2[nH]1. The lowest BCUT2D eigenvalue weighted by Crippen LogP contribution is -2.55. The summed E-state index contributed by atoms with van der Waals surface area (Å²) in [5.74, 6) is 1.05. The molecule has 0 unspecified atom stereocenters. The lowest BCUT2D eigenvalue weighted by molar-refractivity contribution is 0.404. The average molecular weight is 668 g/mol. The van der Waals surface area contributed by atoms with E-state index in [4.69, 9.17) is 10.7 Å². The molecule has 0 saturated heterocycles. The quantitative estimate of drug-likeness (QED) is 0.159. The summed E-state index contributed by atoms with van der Waals surface area (Å²) in [5, 5.41) is 3.66. The van der Waals surface area contributed by atoms with E-state index in [0.717, 1.165) is 28.9 Å². The second-order valence-corrected chi connectivity index (χ2v) is 11.2. The topological polar surface area (TPSA) is 66.7 Å². The molecule has 4 aromatic rings. The average Bonchev–Trinajstić information content (AvgIpc) is 3.22. The molecule has 4 nitrogen and oxygen atoms in total. The highest BCUT2D eigenvalue weighted by atomic mass is 79.9. The highest BCUT2D eigenvalue weighted by Gasteiger charge is 2.48. The molecule has 3 aliphatic carbocycles. The first-order valence-electron chi connectivity index (χ1n) is 9.88. The van der Waals surface area contributed by atoms with Gasteiger partial charge in [0.15, 0.2) is 0 Å². The van der Waals surface area contributed by atoms with Crippen molar-refractivity contribution in [2.45, 2.75) is 23.9 Å². The number of halogens is 4. The van der Waals surface area contributed by atoms with E-state index in [2.05, 4.69) is 123 Å². The predicted octanol–water partition coefficient (Wildman–Crippen LogP) is 7.01. The maximum Gasteiger partial charge on any atom is 0.201 e. The highest BCUT2D eigenvalue weighted by molar-refractivity contribution is 9.15. The standard InChI is InChI=1S/C23H16Br4N4/c24-15-16(25)18(27)22-21(17(15)26)30-23(31-22)29-20-14-11-7-3-1-5-9(11)13(19(20)28)10-6-2-4-8-12(10)14/h1-8,13-14,19-20H,28H2,(H2,29,30,31)/t13?,14?,19-,20-/m0/s1. The minimum absolute atomic E-state index is 0.0276. The molecular weight excluding hydrogens is 652 g/mol. The Morgan fingerprint density at radius 3 is 1.84 bits per heavy atom. The number of hydrogen-bond acceptors (Lipinski definition) is 3. The van der Waals surface area contributed by atoms with Crippen molar-refractivity contribution in [2.75, 3.05) is 5.32 Å². The molecule has 0 amide bonds. The van der Waals surface area contributed by atoms with Gasteiger partial charge in [0, 0.05) is 26.8 Å². The largest absolute Gasteiger partial charge is 0.351 e. The summed E-state index contributed by atoms with van der Waals surface area (Å²) < 4.78 is 3.66. The second-order valence-electron chi connectivity index (χ2n) is 8.03. The zero-order valence-electron chi connectivity index (χ0n) is 16.0. The number of nitrogens with one attached hydrogen (secondary N) is 2. The van der Waals surface area contributed by atoms with Crippen molar-refractivity contribution in [3.05, 3.63) is 88.7 Å². The van der Waals surface area contributed by atoms with E-state index < -0.39 is 0 Å². The van der Waals surface area contributed by atoms with Gasteiger partial charge in [-0.1, -0.05) is 48.5 Å². The summed E-state index contributed by atoms with van der Waals surface area (Å²) in [4.78, 5) is 8.29. The molecule has 1 aromatic heterocycles. The Morgan fingerprint density at radius 2 is 1.26 bits per heavy atom. The van der Waals surface area contributed by atoms with Crippen molar-refractivity contribution in [3.63, 3.8) is 0 Å². The van der Waals surface area contributed by atoms with Gasteiger partial charge in [0.05, 0.1) is 20.5 Å². The minimum atomic E-state index is -0.0617. The van der Waals surface area contributed by atoms with Crippen LogP contribution in [0.5, 0.6) is 0 Å². The summed E-state index contributed by atoms with van der Waals surface area (Å²) in [7, 11) is 0. The summed E-state index contributed by atoms with van der Waals surface area (Å²) in [6.07, 6.45) is 0. The molecule has 0 radical (unpaired) electrons. The maximum absolute atomic E-state index is 6.91. The van der Waals surface area contributed by atoms with Gasteiger partial charge in [0.2, 0.25) is 5.95 Å². The minimum Gasteiger partial charge on any atom is -0.351 e. The smallest absolute Gasteiger partial charge is 0.201 e. The zero-order valence-corrected chi connectivity index (χ0v) is 22.3. The molecule has 0 spiro atoms. The first-order valence-corrected chi connectivity index (χ1v) is 13.1. The maximum atomic E-state index is 6.91. The molecule has 7 rings (SSSR count). The molecule has 0 aliphatic heterocycles. The number of rotatable bonds is 2. The number of H-pyrrole nitrogens is 1. The van der Waals surface area contributed by atoms with Crippen molar-refractivity contribution < 1.29 is 0 Å². The van der Waals surface area contributed by atoms with Crippen LogP contribution >= 0.6 is 63.7 Å². The third-order valence-corrected chi connectivity index (χ3v) is 11.3. The number of aromatic amines is 1. The summed E-state index contributed by atoms with van der Waals surface area (Å²) in [5.41, 5.74) is 14.1. The first kappa shape index (κ1) is 20.4. The van der Waals surface area contributed by atoms with Gasteiger partial charge in [0.25, 0.3) is 0 Å². The van der Waals surface area contributed by atoms with Crippen LogP contribution in [0.4, 0.5) is 5.95 Å². The molecule has 3 aromatic carbocycles. The van der Waals surface area contributed by atoms with Crippen LogP contribution in [0.15, 0.2) is 66.4 Å². The molecule has 4 N–H and O–H groups in total. The number of fused-ring (bicyclic) bond motifs is 2. The second kappa shape index (κ2) is 7.42. The van der Waals surface area contributed by atoms with Crippen molar-refractivity contribution in [3.8, 4) is 0 Å². The number of anilines is 1. The predicted molar refractivity (Wildman–Crippen MR) is 139 cm³/mol. The van der Waals surface area contributed by atoms with Crippen LogP contribution in [0.1, 0.15) is 34.1 Å². The number of hydrogen-bond donors (Lipinski definition) is 3. The Morgan fingerprint density at radius 1 is 0.742 bits per heavy atom. The molecule has 156 valence electrons. The molecule has 2 atom stereocenters. The number of aromatic nitrogens is 2. The van der Waals surface area contributed by atoms with Crippen LogP contribution in [0.3, 0.4) is 0 Å². The van der Waals surface area contributed by atoms with E-state index in [1.807, 2.05) is 0 Å². The lowest BCUT2D eigenvalue weighted by atomic mass is 9.59. The molecular formula is C23H16Br4N4. The summed E-state index contributed by atoms with van der Waals surface area (Å²) >= 11 is 14.6. The molecule has 31 heavy (non-hydrogen) atoms. The van der Waals surface area contributed by atoms with Crippen molar-refractivity contribution in [1.82, 2.24) is 9.97 Å². The monoisotopic (exact) mass is 664 g/mol. The Labute approximate surface area is 212 Å². The Balaban J connectivity index is 1.48. The van der Waals surface area contributed by atoms with E-state index >= 15 is 0 Å². The van der Waals surface area contributed by atoms with E-state index in [1.54, 1.807) is 0 Å². The fourth-order valence-corrected chi connectivity index (χ4v) is 7.51. The lowest BCUT2D eigenvalue weighted by Gasteiger charge is -2.49. The van der Waals surface area contributed by atoms with Gasteiger partial charge in [-0.3, -0.25) is 0 Å². The van der Waals surface area contributed by atoms with E-state index in [9.17, 15) is 0 Å². The summed E-state index contributed by atoms with van der Waals surface area (Å²) in [6.45, 7) is 0. The van der Waals surface area contributed by atoms with Crippen LogP contribution in [0, 0.1) is 0 Å². The Hall–Kier alpha value is -1.19. The third-order valence-electron chi connectivity index (χ3n) is 6.50. The molecule has 2 bridgehead atoms. The van der Waals surface area contributed by atoms with Crippen molar-refractivity contribution in [1.29, 1.82) is 0 Å². The Kier molecular flexibility index (Phi) is 4.89. The molecule has 8 heteroatoms. The van der Waals surface area contributed by atoms with Gasteiger partial charge in [-0.2, -0.15) is 0 Å². The van der Waals surface area contributed by atoms with Crippen LogP contribution in [-0.2, 0) is 0 Å². The van der Waals surface area contributed by atoms with Gasteiger partial charge in [-0.15, -0.1) is 0 Å². The summed E-state index contributed by atoms with van der Waals surface area (Å²) in [6, 6.07) is 17.4. The number of imidazole rings is 1. The number of nitrogens with zero attached hydrogens (tertiary/aromatic N) is 1. The number of nitrogens with two attached hydrogens (primary N) is 1. The van der Waals surface area contributed by atoms with E-state index in [1.165, 1.54) is 22.3 Å². The van der Waals surface area contributed by atoms with Crippen LogP contribution in [0.2, 0.25) is 0 Å². The van der Waals surface area contributed by atoms with Crippen LogP contribution < -0.4 is 11.1 Å². The molecule has 0 saturated carbocycles. The van der Waals surface area contributed by atoms with Crippen LogP contribution in [-0.4, -0.2) is 22.1 Å². The van der Waals surface area contributed by atoms with Gasteiger partial charge in [-0.05, 0) is 86.0 Å². The fourth-order valence-electron chi connectivity index (χ4n) is 5.22. The van der Waals surface area contributed by atoms with Gasteiger partial charge < -0.3 is 16.0 Å². The van der Waals surface area contributed by atoms with E-state index in [-0.39, 0.29) is 23.9 Å². The first-order chi connectivity index (χ1) is 15.0. The normalized spacial score (nSPS) is 23.6. The van der Waals surface area contributed by atoms with Crippen LogP contribution in [0.25, 0.3) is 11.0 Å². The molecule has 3 aliphatic rings. The van der Waals surface area contributed by atoms with Gasteiger partial charge >= 0.3 is 0 Å². The number of benzene rings is 3. The molecule has 0 fully saturated rings. The van der Waals surface area contributed by atoms with Crippen molar-refractivity contribution >= 4 is 80.7 Å². The fraction of sp³-hybridized carbons (Fsp3) is 0.174. The Bertz CT molecular complexity index is 1270. The van der Waals surface area contributed by atoms with Gasteiger partial charge in [0.1, 0.15) is 5.52 Å². The molecule has 1 heterocycles. The van der Waals surface area contributed by atoms with Gasteiger partial charge in [-0.25, -0.2) is 4.98 Å². The van der Waals surface area contributed by atoms with Crippen molar-refractivity contribution in [2.24, 2.45) is 5.73 Å². The zero-order chi connectivity index (χ0) is 21.4. The highest BCUT2D eigenvalue weighted by Crippen LogP contribution is 2.53.